The van der Waals surface area contributed by atoms with Crippen molar-refractivity contribution in [1.82, 2.24) is 14.1 Å². The standard InChI is InChI=1S/C21H30FN3O4S/c1-23(2)21(26)25-15-7-8-16(25)14-18(13-15)29-17-9-11-24(12-10-17)30(27,28)20-6-4-3-5-19(20)22/h3-6,15-18H,7-14H2,1-2H3/t15-,16+,18?. The summed E-state index contributed by atoms with van der Waals surface area (Å²) in [5.74, 6) is -0.717. The third kappa shape index (κ3) is 4.07. The number of rotatable bonds is 4. The molecular weight excluding hydrogens is 409 g/mol. The second-order valence-corrected chi connectivity index (χ2v) is 10.6. The highest BCUT2D eigenvalue weighted by Crippen LogP contribution is 2.38. The van der Waals surface area contributed by atoms with E-state index in [-0.39, 0.29) is 35.2 Å². The summed E-state index contributed by atoms with van der Waals surface area (Å²) in [5, 5.41) is 0. The number of sulfonamides is 1. The Kier molecular flexibility index (Phi) is 6.05. The minimum Gasteiger partial charge on any atom is -0.375 e. The number of hydrogen-bond donors (Lipinski definition) is 0. The van der Waals surface area contributed by atoms with Crippen molar-refractivity contribution in [3.63, 3.8) is 0 Å². The molecule has 3 saturated heterocycles. The highest BCUT2D eigenvalue weighted by Gasteiger charge is 2.45. The van der Waals surface area contributed by atoms with Gasteiger partial charge in [0, 0.05) is 39.3 Å². The number of amides is 2. The summed E-state index contributed by atoms with van der Waals surface area (Å²) in [6.45, 7) is 0.651. The molecule has 166 valence electrons. The molecule has 0 N–H and O–H groups in total. The van der Waals surface area contributed by atoms with Crippen LogP contribution in [0.3, 0.4) is 0 Å². The molecule has 2 amide bonds. The number of ether oxygens (including phenoxy) is 1. The molecule has 3 aliphatic rings. The number of nitrogens with zero attached hydrogens (tertiary/aromatic N) is 3. The Labute approximate surface area is 177 Å². The molecule has 1 aromatic carbocycles. The van der Waals surface area contributed by atoms with E-state index in [4.69, 9.17) is 4.74 Å². The molecule has 1 unspecified atom stereocenters. The lowest BCUT2D eigenvalue weighted by Gasteiger charge is -2.41. The van der Waals surface area contributed by atoms with Crippen LogP contribution in [-0.4, -0.2) is 80.0 Å². The number of halogens is 1. The molecule has 2 bridgehead atoms. The van der Waals surface area contributed by atoms with E-state index in [1.54, 1.807) is 19.0 Å². The minimum atomic E-state index is -3.83. The second kappa shape index (κ2) is 8.43. The molecule has 9 heteroatoms. The molecule has 0 aromatic heterocycles. The van der Waals surface area contributed by atoms with Crippen LogP contribution in [0.1, 0.15) is 38.5 Å². The fourth-order valence-electron chi connectivity index (χ4n) is 5.06. The zero-order valence-electron chi connectivity index (χ0n) is 17.5. The van der Waals surface area contributed by atoms with E-state index in [0.717, 1.165) is 25.7 Å². The largest absolute Gasteiger partial charge is 0.375 e. The van der Waals surface area contributed by atoms with Crippen LogP contribution in [0.5, 0.6) is 0 Å². The summed E-state index contributed by atoms with van der Waals surface area (Å²) < 4.78 is 47.2. The Morgan fingerprint density at radius 1 is 1.03 bits per heavy atom. The normalized spacial score (nSPS) is 28.0. The first-order chi connectivity index (χ1) is 14.3. The van der Waals surface area contributed by atoms with Crippen LogP contribution in [0.2, 0.25) is 0 Å². The maximum Gasteiger partial charge on any atom is 0.319 e. The Bertz CT molecular complexity index is 872. The van der Waals surface area contributed by atoms with Crippen LogP contribution >= 0.6 is 0 Å². The zero-order chi connectivity index (χ0) is 21.5. The van der Waals surface area contributed by atoms with Crippen molar-refractivity contribution >= 4 is 16.1 Å². The fraction of sp³-hybridized carbons (Fsp3) is 0.667. The lowest BCUT2D eigenvalue weighted by Crippen LogP contribution is -2.52. The van der Waals surface area contributed by atoms with Crippen molar-refractivity contribution in [3.8, 4) is 0 Å². The summed E-state index contributed by atoms with van der Waals surface area (Å²) in [6.07, 6.45) is 5.01. The number of benzene rings is 1. The number of piperidine rings is 2. The van der Waals surface area contributed by atoms with Gasteiger partial charge in [-0.25, -0.2) is 17.6 Å². The molecule has 30 heavy (non-hydrogen) atoms. The number of fused-ring (bicyclic) bond motifs is 2. The molecule has 0 saturated carbocycles. The van der Waals surface area contributed by atoms with Gasteiger partial charge in [0.1, 0.15) is 10.7 Å². The van der Waals surface area contributed by atoms with Crippen molar-refractivity contribution < 1.29 is 22.3 Å². The maximum absolute atomic E-state index is 14.0. The lowest BCUT2D eigenvalue weighted by atomic mass is 9.99. The fourth-order valence-corrected chi connectivity index (χ4v) is 6.59. The van der Waals surface area contributed by atoms with Crippen LogP contribution < -0.4 is 0 Å². The summed E-state index contributed by atoms with van der Waals surface area (Å²) in [5.41, 5.74) is 0. The van der Waals surface area contributed by atoms with Crippen molar-refractivity contribution in [1.29, 1.82) is 0 Å². The maximum atomic E-state index is 14.0. The van der Waals surface area contributed by atoms with Gasteiger partial charge in [-0.1, -0.05) is 12.1 Å². The van der Waals surface area contributed by atoms with E-state index in [9.17, 15) is 17.6 Å². The summed E-state index contributed by atoms with van der Waals surface area (Å²) >= 11 is 0. The third-order valence-electron chi connectivity index (χ3n) is 6.53. The van der Waals surface area contributed by atoms with E-state index in [1.165, 1.54) is 28.6 Å². The van der Waals surface area contributed by atoms with E-state index >= 15 is 0 Å². The molecule has 3 fully saturated rings. The van der Waals surface area contributed by atoms with Crippen LogP contribution in [0.4, 0.5) is 9.18 Å². The average Bonchev–Trinajstić information content (AvgIpc) is 2.98. The van der Waals surface area contributed by atoms with Crippen molar-refractivity contribution in [2.45, 2.75) is 67.7 Å². The van der Waals surface area contributed by atoms with Gasteiger partial charge in [0.2, 0.25) is 10.0 Å². The average molecular weight is 440 g/mol. The van der Waals surface area contributed by atoms with Gasteiger partial charge in [0.15, 0.2) is 0 Å². The highest BCUT2D eigenvalue weighted by molar-refractivity contribution is 7.89. The Balaban J connectivity index is 1.32. The van der Waals surface area contributed by atoms with Gasteiger partial charge in [0.05, 0.1) is 12.2 Å². The first-order valence-electron chi connectivity index (χ1n) is 10.7. The van der Waals surface area contributed by atoms with Crippen LogP contribution in [0, 0.1) is 5.82 Å². The van der Waals surface area contributed by atoms with Gasteiger partial charge < -0.3 is 14.5 Å². The molecular formula is C21H30FN3O4S. The molecule has 0 radical (unpaired) electrons. The molecule has 4 rings (SSSR count). The van der Waals surface area contributed by atoms with Gasteiger partial charge in [-0.05, 0) is 50.7 Å². The summed E-state index contributed by atoms with van der Waals surface area (Å²) in [7, 11) is -0.257. The number of carbonyl (C=O) groups is 1. The van der Waals surface area contributed by atoms with Crippen LogP contribution in [-0.2, 0) is 14.8 Å². The van der Waals surface area contributed by atoms with Crippen molar-refractivity contribution in [2.24, 2.45) is 0 Å². The SMILES string of the molecule is CN(C)C(=O)N1[C@@H]2CC[C@H]1CC(OC1CCN(S(=O)(=O)c3ccccc3F)CC1)C2. The van der Waals surface area contributed by atoms with Crippen LogP contribution in [0.15, 0.2) is 29.2 Å². The summed E-state index contributed by atoms with van der Waals surface area (Å²) in [6, 6.07) is 6.03. The van der Waals surface area contributed by atoms with Gasteiger partial charge in [-0.2, -0.15) is 4.31 Å². The van der Waals surface area contributed by atoms with Gasteiger partial charge >= 0.3 is 6.03 Å². The number of urea groups is 1. The predicted molar refractivity (Wildman–Crippen MR) is 110 cm³/mol. The van der Waals surface area contributed by atoms with E-state index in [1.807, 2.05) is 4.90 Å². The second-order valence-electron chi connectivity index (χ2n) is 8.73. The van der Waals surface area contributed by atoms with Gasteiger partial charge in [-0.3, -0.25) is 0 Å². The summed E-state index contributed by atoms with van der Waals surface area (Å²) in [4.78, 5) is 15.8. The smallest absolute Gasteiger partial charge is 0.319 e. The number of carbonyl (C=O) groups excluding carboxylic acids is 1. The molecule has 7 nitrogen and oxygen atoms in total. The van der Waals surface area contributed by atoms with E-state index in [0.29, 0.717) is 25.9 Å². The first kappa shape index (κ1) is 21.5. The quantitative estimate of drug-likeness (QED) is 0.723. The molecule has 1 aromatic rings. The van der Waals surface area contributed by atoms with E-state index in [2.05, 4.69) is 0 Å². The van der Waals surface area contributed by atoms with Crippen LogP contribution in [0.25, 0.3) is 0 Å². The minimum absolute atomic E-state index is 0.00225. The van der Waals surface area contributed by atoms with E-state index < -0.39 is 15.8 Å². The topological polar surface area (TPSA) is 70.2 Å². The molecule has 3 atom stereocenters. The van der Waals surface area contributed by atoms with Crippen molar-refractivity contribution in [3.05, 3.63) is 30.1 Å². The Hall–Kier alpha value is -1.71. The first-order valence-corrected chi connectivity index (χ1v) is 12.1. The molecule has 3 heterocycles. The zero-order valence-corrected chi connectivity index (χ0v) is 18.4. The molecule has 3 aliphatic heterocycles. The molecule has 0 spiro atoms. The number of hydrogen-bond acceptors (Lipinski definition) is 4. The third-order valence-corrected chi connectivity index (χ3v) is 8.47. The predicted octanol–water partition coefficient (Wildman–Crippen LogP) is 2.67. The monoisotopic (exact) mass is 439 g/mol. The molecule has 0 aliphatic carbocycles. The lowest BCUT2D eigenvalue weighted by molar-refractivity contribution is -0.0685. The Morgan fingerprint density at radius 3 is 2.20 bits per heavy atom. The highest BCUT2D eigenvalue weighted by atomic mass is 32.2. The van der Waals surface area contributed by atoms with Gasteiger partial charge in [0.25, 0.3) is 0 Å². The Morgan fingerprint density at radius 2 is 1.63 bits per heavy atom. The van der Waals surface area contributed by atoms with Gasteiger partial charge in [-0.15, -0.1) is 0 Å². The van der Waals surface area contributed by atoms with Crippen molar-refractivity contribution in [2.75, 3.05) is 27.2 Å².